The molecular weight excluding hydrogens is 1650 g/mol. The van der Waals surface area contributed by atoms with E-state index in [-0.39, 0.29) is 21.7 Å². The second-order valence-corrected chi connectivity index (χ2v) is 44.4. The van der Waals surface area contributed by atoms with Gasteiger partial charge in [0, 0.05) is 134 Å². The van der Waals surface area contributed by atoms with Gasteiger partial charge in [0.2, 0.25) is 0 Å². The second kappa shape index (κ2) is 28.8. The van der Waals surface area contributed by atoms with Gasteiger partial charge in [-0.25, -0.2) is 0 Å². The van der Waals surface area contributed by atoms with E-state index in [9.17, 15) is 5.26 Å². The van der Waals surface area contributed by atoms with Crippen LogP contribution in [0.4, 0.5) is 34.1 Å². The fourth-order valence-corrected chi connectivity index (χ4v) is 24.4. The molecule has 25 rings (SSSR count). The van der Waals surface area contributed by atoms with Crippen LogP contribution in [0.15, 0.2) is 330 Å². The van der Waals surface area contributed by atoms with Crippen LogP contribution in [0.2, 0.25) is 0 Å². The van der Waals surface area contributed by atoms with Crippen LogP contribution < -0.4 is 26.2 Å². The summed E-state index contributed by atoms with van der Waals surface area (Å²) in [6.45, 7) is 34.8. The van der Waals surface area contributed by atoms with Gasteiger partial charge in [-0.15, -0.1) is 22.7 Å². The number of aromatic nitrogens is 2. The Morgan fingerprint density at radius 1 is 0.263 bits per heavy atom. The lowest BCUT2D eigenvalue weighted by atomic mass is 9.33. The molecule has 0 N–H and O–H groups in total. The number of fused-ring (bicyclic) bond motifs is 22. The SMILES string of the molecule is CC(C)(C)c1cc(-c2cccc3oc4ccccc4c23)c(N2c3cc(-n4c5ccc(C#N)cc5c5cc(C(C)(C)C)ccc54)ccc3B3c4ccccc4N(c4c(-c5cccc6sc7ccccc7c56)cc(C(C)(C)C)cc4-c4cccc5sc6ccccc6c45)c4cc(-n5c6ccc(C(C)(C)C)cc6c6cc(C(C)(C)C)ccc65)cc2c43)c(-c2cccc3oc4ccccc4c23)c1. The summed E-state index contributed by atoms with van der Waals surface area (Å²) in [5.41, 5.74) is 33.7. The number of hydrogen-bond acceptors (Lipinski definition) is 7. The predicted molar refractivity (Wildman–Crippen MR) is 569 cm³/mol. The van der Waals surface area contributed by atoms with Gasteiger partial charge in [-0.3, -0.25) is 0 Å². The van der Waals surface area contributed by atoms with Crippen molar-refractivity contribution in [2.24, 2.45) is 0 Å². The first-order valence-electron chi connectivity index (χ1n) is 46.7. The molecule has 2 aliphatic heterocycles. The van der Waals surface area contributed by atoms with Gasteiger partial charge in [-0.2, -0.15) is 5.26 Å². The summed E-state index contributed by atoms with van der Waals surface area (Å²) in [6.07, 6.45) is 0. The predicted octanol–water partition coefficient (Wildman–Crippen LogP) is 33.5. The maximum absolute atomic E-state index is 10.9. The number of furan rings is 2. The monoisotopic (exact) mass is 1750 g/mol. The van der Waals surface area contributed by atoms with Gasteiger partial charge in [-0.1, -0.05) is 268 Å². The Kier molecular flexibility index (Phi) is 17.4. The van der Waals surface area contributed by atoms with E-state index in [1.807, 2.05) is 28.7 Å². The van der Waals surface area contributed by atoms with Crippen molar-refractivity contribution < 1.29 is 8.83 Å². The van der Waals surface area contributed by atoms with E-state index in [0.717, 1.165) is 167 Å². The van der Waals surface area contributed by atoms with Crippen LogP contribution in [0.5, 0.6) is 0 Å². The fourth-order valence-electron chi connectivity index (χ4n) is 22.2. The molecule has 0 bridgehead atoms. The molecule has 0 amide bonds. The molecule has 0 saturated carbocycles. The molecular formula is C123H98BN5O2S2. The van der Waals surface area contributed by atoms with Gasteiger partial charge < -0.3 is 27.8 Å². The van der Waals surface area contributed by atoms with Gasteiger partial charge in [0.15, 0.2) is 0 Å². The summed E-state index contributed by atoms with van der Waals surface area (Å²) in [5, 5.41) is 24.5. The molecule has 133 heavy (non-hydrogen) atoms. The Bertz CT molecular complexity index is 8700. The molecule has 0 radical (unpaired) electrons. The third kappa shape index (κ3) is 12.3. The van der Waals surface area contributed by atoms with Gasteiger partial charge >= 0.3 is 0 Å². The number of rotatable bonds is 8. The molecule has 10 heteroatoms. The van der Waals surface area contributed by atoms with E-state index in [4.69, 9.17) is 8.83 Å². The van der Waals surface area contributed by atoms with Crippen molar-refractivity contribution in [1.82, 2.24) is 9.13 Å². The summed E-state index contributed by atoms with van der Waals surface area (Å²) in [6, 6.07) is 126. The lowest BCUT2D eigenvalue weighted by Gasteiger charge is -2.46. The molecule has 6 aromatic heterocycles. The molecule has 8 heterocycles. The highest BCUT2D eigenvalue weighted by molar-refractivity contribution is 7.26. The summed E-state index contributed by atoms with van der Waals surface area (Å²) >= 11 is 3.76. The minimum Gasteiger partial charge on any atom is -0.456 e. The molecule has 0 aliphatic carbocycles. The van der Waals surface area contributed by atoms with Crippen molar-refractivity contribution >= 4 is 208 Å². The minimum absolute atomic E-state index is 0.167. The van der Waals surface area contributed by atoms with Gasteiger partial charge in [0.1, 0.15) is 22.3 Å². The zero-order chi connectivity index (χ0) is 90.7. The van der Waals surface area contributed by atoms with Crippen LogP contribution in [0.1, 0.15) is 137 Å². The summed E-state index contributed by atoms with van der Waals surface area (Å²) in [4.78, 5) is 5.53. The second-order valence-electron chi connectivity index (χ2n) is 42.2. The van der Waals surface area contributed by atoms with Crippen LogP contribution in [-0.4, -0.2) is 15.8 Å². The first kappa shape index (κ1) is 80.6. The average Bonchev–Trinajstić information content (AvgIpc) is 1.53. The van der Waals surface area contributed by atoms with Crippen molar-refractivity contribution in [3.05, 3.63) is 355 Å². The Balaban J connectivity index is 0.916. The Hall–Kier alpha value is -14.5. The molecule has 0 unspecified atom stereocenters. The van der Waals surface area contributed by atoms with Crippen LogP contribution in [0, 0.1) is 11.3 Å². The topological polar surface area (TPSA) is 66.4 Å². The van der Waals surface area contributed by atoms with Gasteiger partial charge in [0.05, 0.1) is 50.8 Å². The number of nitriles is 1. The van der Waals surface area contributed by atoms with Gasteiger partial charge in [-0.05, 0) is 251 Å². The average molecular weight is 1750 g/mol. The van der Waals surface area contributed by atoms with E-state index >= 15 is 0 Å². The number of para-hydroxylation sites is 3. The van der Waals surface area contributed by atoms with Gasteiger partial charge in [0.25, 0.3) is 6.71 Å². The first-order valence-corrected chi connectivity index (χ1v) is 48.3. The molecule has 2 aliphatic rings. The highest BCUT2D eigenvalue weighted by Gasteiger charge is 2.47. The van der Waals surface area contributed by atoms with Crippen molar-refractivity contribution in [3.8, 4) is 62.0 Å². The first-order chi connectivity index (χ1) is 64.1. The van der Waals surface area contributed by atoms with E-state index < -0.39 is 12.1 Å². The quantitative estimate of drug-likeness (QED) is 0.142. The molecule has 0 fully saturated rings. The maximum atomic E-state index is 10.9. The van der Waals surface area contributed by atoms with E-state index in [2.05, 4.69) is 444 Å². The zero-order valence-electron chi connectivity index (χ0n) is 77.5. The number of nitrogens with zero attached hydrogens (tertiary/aromatic N) is 5. The van der Waals surface area contributed by atoms with Crippen molar-refractivity contribution in [3.63, 3.8) is 0 Å². The van der Waals surface area contributed by atoms with Crippen LogP contribution in [0.25, 0.3) is 184 Å². The van der Waals surface area contributed by atoms with Crippen LogP contribution in [-0.2, 0) is 27.1 Å². The zero-order valence-corrected chi connectivity index (χ0v) is 79.2. The van der Waals surface area contributed by atoms with E-state index in [1.54, 1.807) is 0 Å². The fraction of sp³-hybridized carbons (Fsp3) is 0.163. The highest BCUT2D eigenvalue weighted by Crippen LogP contribution is 2.60. The molecule has 7 nitrogen and oxygen atoms in total. The van der Waals surface area contributed by atoms with Crippen molar-refractivity contribution in [1.29, 1.82) is 5.26 Å². The Labute approximate surface area is 782 Å². The lowest BCUT2D eigenvalue weighted by Crippen LogP contribution is -2.61. The molecule has 642 valence electrons. The molecule has 0 atom stereocenters. The van der Waals surface area contributed by atoms with Crippen LogP contribution >= 0.6 is 22.7 Å². The lowest BCUT2D eigenvalue weighted by molar-refractivity contribution is 0.590. The summed E-state index contributed by atoms with van der Waals surface area (Å²) in [5.74, 6) is 0. The summed E-state index contributed by atoms with van der Waals surface area (Å²) < 4.78 is 24.4. The third-order valence-corrected chi connectivity index (χ3v) is 31.2. The molecule has 23 aromatic rings. The minimum atomic E-state index is -0.398. The van der Waals surface area contributed by atoms with Crippen molar-refractivity contribution in [2.75, 3.05) is 9.80 Å². The van der Waals surface area contributed by atoms with Crippen LogP contribution in [0.3, 0.4) is 0 Å². The largest absolute Gasteiger partial charge is 0.456 e. The number of hydrogen-bond donors (Lipinski definition) is 0. The number of benzene rings is 17. The maximum Gasteiger partial charge on any atom is 0.252 e. The molecule has 17 aromatic carbocycles. The standard InChI is InChI=1S/C123H98BN5O2S2/c1-119(2,3)71-49-55-97-87(59-71)86-58-70(69-125)48-54-96(86)126(97)76-52-53-95-101(66-76)129(118-90(78-34-26-42-106-112(78)82-30-16-22-40-104(82)130-106)62-74(122(10,11)12)63-91(118)79-35-27-43-107-113(79)83-31-17-23-41-105(83)131-107)103-68-77(127-98-56-50-72(120(4,5)6)60-88(98)89-61-73(121(7,8)9)51-57-99(89)127)67-102-116(103)124(95)94-38-20-21-39-100(94)128(102)117-92(80-36-28-46-110-114(80)84-32-18-24-44-108(84)132-110)64-75(123(13,14)15)65-93(117)81-37-29-47-111-115(81)85-33-19-25-45-109(85)133-111/h16-68H,1-15H3. The summed E-state index contributed by atoms with van der Waals surface area (Å²) in [7, 11) is 0. The smallest absolute Gasteiger partial charge is 0.252 e. The Morgan fingerprint density at radius 3 is 1.07 bits per heavy atom. The number of anilines is 6. The third-order valence-electron chi connectivity index (χ3n) is 28.9. The van der Waals surface area contributed by atoms with Crippen molar-refractivity contribution in [2.45, 2.75) is 131 Å². The molecule has 0 saturated heterocycles. The van der Waals surface area contributed by atoms with E-state index in [1.165, 1.54) is 95.5 Å². The Morgan fingerprint density at radius 2 is 0.617 bits per heavy atom. The highest BCUT2D eigenvalue weighted by atomic mass is 32.1. The number of thiophene rings is 2. The van der Waals surface area contributed by atoms with E-state index in [0.29, 0.717) is 5.56 Å². The normalized spacial score (nSPS) is 13.3. The molecule has 0 spiro atoms.